The molecule has 19 heavy (non-hydrogen) atoms. The molecule has 0 saturated carbocycles. The van der Waals surface area contributed by atoms with Crippen LogP contribution in [0, 0.1) is 17.6 Å². The van der Waals surface area contributed by atoms with Gasteiger partial charge >= 0.3 is 0 Å². The molecule has 2 atom stereocenters. The second kappa shape index (κ2) is 5.97. The summed E-state index contributed by atoms with van der Waals surface area (Å²) in [6.07, 6.45) is 1.44. The fraction of sp³-hybridized carbons (Fsp3) is 0.600. The van der Waals surface area contributed by atoms with Crippen LogP contribution in [0.2, 0.25) is 0 Å². The first-order valence-electron chi connectivity index (χ1n) is 6.86. The van der Waals surface area contributed by atoms with Crippen molar-refractivity contribution in [3.63, 3.8) is 0 Å². The highest BCUT2D eigenvalue weighted by molar-refractivity contribution is 5.23. The van der Waals surface area contributed by atoms with Crippen molar-refractivity contribution in [2.24, 2.45) is 5.92 Å². The maximum absolute atomic E-state index is 13.8. The highest BCUT2D eigenvalue weighted by Crippen LogP contribution is 2.30. The third-order valence-electron chi connectivity index (χ3n) is 4.22. The minimum absolute atomic E-state index is 0.151. The molecule has 2 rings (SSSR count). The van der Waals surface area contributed by atoms with Gasteiger partial charge in [-0.2, -0.15) is 0 Å². The van der Waals surface area contributed by atoms with Gasteiger partial charge in [-0.15, -0.1) is 0 Å². The lowest BCUT2D eigenvalue weighted by Crippen LogP contribution is -2.39. The van der Waals surface area contributed by atoms with Gasteiger partial charge in [-0.3, -0.25) is 4.90 Å². The van der Waals surface area contributed by atoms with Crippen LogP contribution in [0.5, 0.6) is 0 Å². The van der Waals surface area contributed by atoms with Crippen molar-refractivity contribution in [1.82, 2.24) is 4.90 Å². The quantitative estimate of drug-likeness (QED) is 0.911. The van der Waals surface area contributed by atoms with Gasteiger partial charge in [0.2, 0.25) is 0 Å². The fourth-order valence-corrected chi connectivity index (χ4v) is 2.88. The molecule has 0 spiro atoms. The smallest absolute Gasteiger partial charge is 0.130 e. The van der Waals surface area contributed by atoms with Gasteiger partial charge in [-0.25, -0.2) is 8.78 Å². The summed E-state index contributed by atoms with van der Waals surface area (Å²) in [6.45, 7) is 5.18. The Morgan fingerprint density at radius 1 is 1.16 bits per heavy atom. The van der Waals surface area contributed by atoms with Crippen molar-refractivity contribution in [3.05, 3.63) is 35.4 Å². The van der Waals surface area contributed by atoms with Crippen LogP contribution in [0.4, 0.5) is 8.78 Å². The third kappa shape index (κ3) is 3.12. The molecular formula is C15H21F2NO. The Kier molecular flexibility index (Phi) is 4.53. The lowest BCUT2D eigenvalue weighted by molar-refractivity contribution is 0.0573. The summed E-state index contributed by atoms with van der Waals surface area (Å²) < 4.78 is 27.5. The minimum Gasteiger partial charge on any atom is -0.393 e. The zero-order chi connectivity index (χ0) is 14.0. The second-order valence-electron chi connectivity index (χ2n) is 5.43. The van der Waals surface area contributed by atoms with E-state index in [1.807, 2.05) is 6.92 Å². The molecule has 2 nitrogen and oxygen atoms in total. The van der Waals surface area contributed by atoms with Crippen LogP contribution in [-0.2, 0) is 0 Å². The largest absolute Gasteiger partial charge is 0.393 e. The van der Waals surface area contributed by atoms with Gasteiger partial charge in [0.25, 0.3) is 0 Å². The number of halogens is 2. The van der Waals surface area contributed by atoms with Crippen LogP contribution in [0.15, 0.2) is 18.2 Å². The summed E-state index contributed by atoms with van der Waals surface area (Å²) in [4.78, 5) is 2.08. The fourth-order valence-electron chi connectivity index (χ4n) is 2.88. The lowest BCUT2D eigenvalue weighted by atomic mass is 9.90. The molecular weight excluding hydrogens is 248 g/mol. The van der Waals surface area contributed by atoms with Gasteiger partial charge in [0, 0.05) is 11.6 Å². The summed E-state index contributed by atoms with van der Waals surface area (Å²) in [5.74, 6) is -0.663. The zero-order valence-corrected chi connectivity index (χ0v) is 11.4. The molecule has 0 aromatic heterocycles. The van der Waals surface area contributed by atoms with Crippen LogP contribution in [0.25, 0.3) is 0 Å². The molecule has 1 fully saturated rings. The van der Waals surface area contributed by atoms with Crippen molar-refractivity contribution < 1.29 is 13.9 Å². The van der Waals surface area contributed by atoms with Gasteiger partial charge in [-0.1, -0.05) is 6.07 Å². The molecule has 2 unspecified atom stereocenters. The number of hydrogen-bond acceptors (Lipinski definition) is 2. The average Bonchev–Trinajstić information content (AvgIpc) is 2.38. The average molecular weight is 269 g/mol. The van der Waals surface area contributed by atoms with E-state index in [4.69, 9.17) is 0 Å². The summed E-state index contributed by atoms with van der Waals surface area (Å²) in [6, 6.07) is 3.73. The van der Waals surface area contributed by atoms with Crippen molar-refractivity contribution in [2.45, 2.75) is 38.8 Å². The number of aliphatic hydroxyl groups excluding tert-OH is 1. The van der Waals surface area contributed by atoms with E-state index in [0.717, 1.165) is 25.9 Å². The Morgan fingerprint density at radius 3 is 2.16 bits per heavy atom. The standard InChI is InChI=1S/C15H21F2NO/c1-10(15-13(16)4-3-5-14(15)17)18-8-6-12(7-9-18)11(2)19/h3-5,10-12,19H,6-9H2,1-2H3. The first-order chi connectivity index (χ1) is 9.00. The molecule has 1 N–H and O–H groups in total. The number of nitrogens with zero attached hydrogens (tertiary/aromatic N) is 1. The Bertz CT molecular complexity index is 408. The van der Waals surface area contributed by atoms with Crippen molar-refractivity contribution in [2.75, 3.05) is 13.1 Å². The highest BCUT2D eigenvalue weighted by atomic mass is 19.1. The van der Waals surface area contributed by atoms with E-state index >= 15 is 0 Å². The molecule has 0 amide bonds. The Balaban J connectivity index is 2.07. The van der Waals surface area contributed by atoms with Crippen molar-refractivity contribution in [1.29, 1.82) is 0 Å². The SMILES string of the molecule is CC(O)C1CCN(C(C)c2c(F)cccc2F)CC1. The number of hydrogen-bond donors (Lipinski definition) is 1. The molecule has 1 saturated heterocycles. The van der Waals surface area contributed by atoms with E-state index in [9.17, 15) is 13.9 Å². The van der Waals surface area contributed by atoms with E-state index < -0.39 is 11.6 Å². The van der Waals surface area contributed by atoms with Gasteiger partial charge in [-0.05, 0) is 57.8 Å². The molecule has 1 heterocycles. The number of benzene rings is 1. The predicted molar refractivity (Wildman–Crippen MR) is 70.8 cm³/mol. The number of likely N-dealkylation sites (tertiary alicyclic amines) is 1. The first kappa shape index (κ1) is 14.4. The predicted octanol–water partition coefficient (Wildman–Crippen LogP) is 3.12. The Hall–Kier alpha value is -1.00. The topological polar surface area (TPSA) is 23.5 Å². The number of aliphatic hydroxyl groups is 1. The molecule has 4 heteroatoms. The highest BCUT2D eigenvalue weighted by Gasteiger charge is 2.28. The minimum atomic E-state index is -0.481. The van der Waals surface area contributed by atoms with E-state index in [0.29, 0.717) is 5.92 Å². The zero-order valence-electron chi connectivity index (χ0n) is 11.4. The van der Waals surface area contributed by atoms with Crippen LogP contribution in [0.3, 0.4) is 0 Å². The molecule has 1 aromatic carbocycles. The first-order valence-corrected chi connectivity index (χ1v) is 6.86. The van der Waals surface area contributed by atoms with Crippen LogP contribution in [0.1, 0.15) is 38.3 Å². The van der Waals surface area contributed by atoms with Crippen LogP contribution in [-0.4, -0.2) is 29.2 Å². The van der Waals surface area contributed by atoms with Crippen LogP contribution >= 0.6 is 0 Å². The monoisotopic (exact) mass is 269 g/mol. The molecule has 1 aliphatic rings. The Morgan fingerprint density at radius 2 is 1.68 bits per heavy atom. The van der Waals surface area contributed by atoms with Crippen LogP contribution < -0.4 is 0 Å². The van der Waals surface area contributed by atoms with E-state index in [1.165, 1.54) is 18.2 Å². The Labute approximate surface area is 113 Å². The molecule has 1 aliphatic heterocycles. The van der Waals surface area contributed by atoms with Crippen molar-refractivity contribution in [3.8, 4) is 0 Å². The van der Waals surface area contributed by atoms with Crippen molar-refractivity contribution >= 4 is 0 Å². The molecule has 0 aliphatic carbocycles. The maximum Gasteiger partial charge on any atom is 0.130 e. The molecule has 0 radical (unpaired) electrons. The van der Waals surface area contributed by atoms with E-state index in [1.54, 1.807) is 6.92 Å². The number of rotatable bonds is 3. The summed E-state index contributed by atoms with van der Waals surface area (Å²) in [5.41, 5.74) is 0.151. The molecule has 1 aromatic rings. The summed E-state index contributed by atoms with van der Waals surface area (Å²) >= 11 is 0. The summed E-state index contributed by atoms with van der Waals surface area (Å²) in [5, 5.41) is 9.57. The number of piperidine rings is 1. The second-order valence-corrected chi connectivity index (χ2v) is 5.43. The molecule has 0 bridgehead atoms. The van der Waals surface area contributed by atoms with E-state index in [-0.39, 0.29) is 17.7 Å². The maximum atomic E-state index is 13.8. The van der Waals surface area contributed by atoms with Gasteiger partial charge in [0.1, 0.15) is 11.6 Å². The molecule has 106 valence electrons. The van der Waals surface area contributed by atoms with Gasteiger partial charge in [0.15, 0.2) is 0 Å². The third-order valence-corrected chi connectivity index (χ3v) is 4.22. The normalized spacial score (nSPS) is 21.3. The lowest BCUT2D eigenvalue weighted by Gasteiger charge is -2.37. The van der Waals surface area contributed by atoms with E-state index in [2.05, 4.69) is 4.90 Å². The van der Waals surface area contributed by atoms with Gasteiger partial charge in [0.05, 0.1) is 6.10 Å². The summed E-state index contributed by atoms with van der Waals surface area (Å²) in [7, 11) is 0. The van der Waals surface area contributed by atoms with Gasteiger partial charge < -0.3 is 5.11 Å².